The van der Waals surface area contributed by atoms with Crippen LogP contribution in [-0.4, -0.2) is 26.7 Å². The third-order valence-electron chi connectivity index (χ3n) is 3.99. The number of rotatable bonds is 5. The summed E-state index contributed by atoms with van der Waals surface area (Å²) >= 11 is 1.62. The lowest BCUT2D eigenvalue weighted by Crippen LogP contribution is -2.25. The van der Waals surface area contributed by atoms with E-state index in [4.69, 9.17) is 4.98 Å². The third-order valence-corrected chi connectivity index (χ3v) is 4.98. The van der Waals surface area contributed by atoms with E-state index < -0.39 is 0 Å². The van der Waals surface area contributed by atoms with Crippen LogP contribution >= 0.6 is 11.8 Å². The van der Waals surface area contributed by atoms with Crippen molar-refractivity contribution in [2.75, 3.05) is 0 Å². The van der Waals surface area contributed by atoms with Gasteiger partial charge >= 0.3 is 0 Å². The molecule has 0 radical (unpaired) electrons. The number of aromatic nitrogens is 3. The van der Waals surface area contributed by atoms with E-state index in [1.54, 1.807) is 16.4 Å². The molecule has 1 aliphatic carbocycles. The van der Waals surface area contributed by atoms with Gasteiger partial charge in [0.1, 0.15) is 0 Å². The SMILES string of the molecule is Cn1cc(CSc2cc(C(=O)NC3CC3)c3ccccc3n2)cn1. The minimum Gasteiger partial charge on any atom is -0.349 e. The number of amides is 1. The van der Waals surface area contributed by atoms with Crippen LogP contribution < -0.4 is 5.32 Å². The Kier molecular flexibility index (Phi) is 3.98. The summed E-state index contributed by atoms with van der Waals surface area (Å²) in [6.07, 6.45) is 6.01. The second kappa shape index (κ2) is 6.28. The van der Waals surface area contributed by atoms with Gasteiger partial charge in [0.15, 0.2) is 0 Å². The predicted octanol–water partition coefficient (Wildman–Crippen LogP) is 3.15. The maximum Gasteiger partial charge on any atom is 0.252 e. The van der Waals surface area contributed by atoms with Crippen LogP contribution in [0.3, 0.4) is 0 Å². The molecule has 1 amide bonds. The van der Waals surface area contributed by atoms with Gasteiger partial charge in [-0.3, -0.25) is 9.48 Å². The van der Waals surface area contributed by atoms with Gasteiger partial charge in [-0.15, -0.1) is 11.8 Å². The first-order valence-corrected chi connectivity index (χ1v) is 8.98. The Hall–Kier alpha value is -2.34. The molecule has 0 saturated heterocycles. The van der Waals surface area contributed by atoms with Gasteiger partial charge in [-0.05, 0) is 25.0 Å². The summed E-state index contributed by atoms with van der Waals surface area (Å²) < 4.78 is 1.79. The highest BCUT2D eigenvalue weighted by molar-refractivity contribution is 7.98. The van der Waals surface area contributed by atoms with E-state index in [0.717, 1.165) is 40.1 Å². The summed E-state index contributed by atoms with van der Waals surface area (Å²) in [5.41, 5.74) is 2.71. The maximum atomic E-state index is 12.6. The Bertz CT molecular complexity index is 901. The molecule has 0 atom stereocenters. The van der Waals surface area contributed by atoms with Gasteiger partial charge in [0.05, 0.1) is 22.3 Å². The standard InChI is InChI=1S/C18H18N4OS/c1-22-10-12(9-19-22)11-24-17-8-15(18(23)20-13-6-7-13)14-4-2-3-5-16(14)21-17/h2-5,8-10,13H,6-7,11H2,1H3,(H,20,23). The Morgan fingerprint density at radius 3 is 2.96 bits per heavy atom. The lowest BCUT2D eigenvalue weighted by molar-refractivity contribution is 0.0952. The number of benzene rings is 1. The highest BCUT2D eigenvalue weighted by Gasteiger charge is 2.25. The minimum absolute atomic E-state index is 0.000622. The lowest BCUT2D eigenvalue weighted by atomic mass is 10.1. The fraction of sp³-hybridized carbons (Fsp3) is 0.278. The van der Waals surface area contributed by atoms with Crippen molar-refractivity contribution >= 4 is 28.6 Å². The van der Waals surface area contributed by atoms with E-state index in [9.17, 15) is 4.79 Å². The maximum absolute atomic E-state index is 12.6. The summed E-state index contributed by atoms with van der Waals surface area (Å²) in [4.78, 5) is 17.3. The second-order valence-electron chi connectivity index (χ2n) is 6.08. The number of fused-ring (bicyclic) bond motifs is 1. The Morgan fingerprint density at radius 2 is 2.21 bits per heavy atom. The topological polar surface area (TPSA) is 59.8 Å². The molecule has 1 fully saturated rings. The molecular formula is C18H18N4OS. The molecule has 4 rings (SSSR count). The summed E-state index contributed by atoms with van der Waals surface area (Å²) in [7, 11) is 1.91. The van der Waals surface area contributed by atoms with Crippen LogP contribution in [0, 0.1) is 0 Å². The molecule has 0 unspecified atom stereocenters. The van der Waals surface area contributed by atoms with Gasteiger partial charge in [0.2, 0.25) is 0 Å². The number of hydrogen-bond acceptors (Lipinski definition) is 4. The van der Waals surface area contributed by atoms with Crippen molar-refractivity contribution in [3.05, 3.63) is 53.9 Å². The fourth-order valence-electron chi connectivity index (χ4n) is 2.61. The smallest absolute Gasteiger partial charge is 0.252 e. The summed E-state index contributed by atoms with van der Waals surface area (Å²) in [6, 6.07) is 10.1. The van der Waals surface area contributed by atoms with E-state index in [-0.39, 0.29) is 5.91 Å². The molecule has 0 spiro atoms. The summed E-state index contributed by atoms with van der Waals surface area (Å²) in [5, 5.41) is 9.02. The molecule has 2 aromatic heterocycles. The molecule has 2 heterocycles. The van der Waals surface area contributed by atoms with Crippen molar-refractivity contribution in [3.8, 4) is 0 Å². The number of pyridine rings is 1. The highest BCUT2D eigenvalue weighted by atomic mass is 32.2. The van der Waals surface area contributed by atoms with Gasteiger partial charge in [0, 0.05) is 36.0 Å². The van der Waals surface area contributed by atoms with Gasteiger partial charge in [-0.1, -0.05) is 18.2 Å². The normalized spacial score (nSPS) is 14.0. The largest absolute Gasteiger partial charge is 0.349 e. The van der Waals surface area contributed by atoms with Crippen LogP contribution in [0.5, 0.6) is 0 Å². The zero-order valence-electron chi connectivity index (χ0n) is 13.4. The van der Waals surface area contributed by atoms with Crippen molar-refractivity contribution in [1.82, 2.24) is 20.1 Å². The van der Waals surface area contributed by atoms with Crippen molar-refractivity contribution in [2.24, 2.45) is 7.05 Å². The van der Waals surface area contributed by atoms with Crippen LogP contribution in [0.2, 0.25) is 0 Å². The molecule has 0 bridgehead atoms. The van der Waals surface area contributed by atoms with Crippen LogP contribution in [-0.2, 0) is 12.8 Å². The first-order valence-electron chi connectivity index (χ1n) is 8.00. The van der Waals surface area contributed by atoms with Crippen LogP contribution in [0.4, 0.5) is 0 Å². The molecule has 6 heteroatoms. The number of aryl methyl sites for hydroxylation is 1. The molecular weight excluding hydrogens is 320 g/mol. The van der Waals surface area contributed by atoms with E-state index in [1.165, 1.54) is 0 Å². The van der Waals surface area contributed by atoms with E-state index in [0.29, 0.717) is 11.6 Å². The zero-order chi connectivity index (χ0) is 16.5. The van der Waals surface area contributed by atoms with Crippen LogP contribution in [0.15, 0.2) is 47.8 Å². The Balaban J connectivity index is 1.63. The summed E-state index contributed by atoms with van der Waals surface area (Å²) in [6.45, 7) is 0. The van der Waals surface area contributed by atoms with Gasteiger partial charge in [-0.2, -0.15) is 5.10 Å². The monoisotopic (exact) mass is 338 g/mol. The first kappa shape index (κ1) is 15.2. The average molecular weight is 338 g/mol. The lowest BCUT2D eigenvalue weighted by Gasteiger charge is -2.09. The highest BCUT2D eigenvalue weighted by Crippen LogP contribution is 2.27. The zero-order valence-corrected chi connectivity index (χ0v) is 14.2. The molecule has 0 aliphatic heterocycles. The van der Waals surface area contributed by atoms with Crippen LogP contribution in [0.25, 0.3) is 10.9 Å². The molecule has 1 aromatic carbocycles. The second-order valence-corrected chi connectivity index (χ2v) is 7.08. The molecule has 3 aromatic rings. The molecule has 5 nitrogen and oxygen atoms in total. The first-order chi connectivity index (χ1) is 11.7. The number of para-hydroxylation sites is 1. The number of carbonyl (C=O) groups is 1. The minimum atomic E-state index is -0.000622. The predicted molar refractivity (Wildman–Crippen MR) is 95.0 cm³/mol. The molecule has 122 valence electrons. The Labute approximate surface area is 144 Å². The fourth-order valence-corrected chi connectivity index (χ4v) is 3.44. The van der Waals surface area contributed by atoms with Crippen molar-refractivity contribution < 1.29 is 4.79 Å². The van der Waals surface area contributed by atoms with Gasteiger partial charge in [0.25, 0.3) is 5.91 Å². The van der Waals surface area contributed by atoms with E-state index >= 15 is 0 Å². The van der Waals surface area contributed by atoms with Crippen molar-refractivity contribution in [1.29, 1.82) is 0 Å². The number of carbonyl (C=O) groups excluding carboxylic acids is 1. The van der Waals surface area contributed by atoms with E-state index in [1.807, 2.05) is 49.8 Å². The number of nitrogens with one attached hydrogen (secondary N) is 1. The van der Waals surface area contributed by atoms with Crippen molar-refractivity contribution in [2.45, 2.75) is 29.7 Å². The Morgan fingerprint density at radius 1 is 1.38 bits per heavy atom. The quantitative estimate of drug-likeness (QED) is 0.726. The van der Waals surface area contributed by atoms with E-state index in [2.05, 4.69) is 10.4 Å². The average Bonchev–Trinajstić information content (AvgIpc) is 3.31. The number of thioether (sulfide) groups is 1. The molecule has 1 saturated carbocycles. The van der Waals surface area contributed by atoms with Gasteiger partial charge < -0.3 is 5.32 Å². The van der Waals surface area contributed by atoms with Crippen molar-refractivity contribution in [3.63, 3.8) is 0 Å². The van der Waals surface area contributed by atoms with Crippen LogP contribution in [0.1, 0.15) is 28.8 Å². The number of nitrogens with zero attached hydrogens (tertiary/aromatic N) is 3. The number of hydrogen-bond donors (Lipinski definition) is 1. The molecule has 24 heavy (non-hydrogen) atoms. The summed E-state index contributed by atoms with van der Waals surface area (Å²) in [5.74, 6) is 0.780. The third kappa shape index (κ3) is 3.28. The molecule has 1 aliphatic rings. The van der Waals surface area contributed by atoms with Gasteiger partial charge in [-0.25, -0.2) is 4.98 Å². The molecule has 1 N–H and O–H groups in total.